The summed E-state index contributed by atoms with van der Waals surface area (Å²) in [5, 5.41) is 13.5. The van der Waals surface area contributed by atoms with Crippen LogP contribution in [-0.4, -0.2) is 24.3 Å². The molecule has 9 nitrogen and oxygen atoms in total. The molecule has 0 aliphatic carbocycles. The first-order chi connectivity index (χ1) is 14.7. The quantitative estimate of drug-likeness (QED) is 0.393. The standard InChI is InChI=1S/C20H19FN6O3S/c1-2-18(28)23-11-13-3-5-14(6-4-13)25-19-17(21)12-24-20(27-19)26-15-7-9-16(10-8-15)31(22,29)30/h2-10,12H,1,11H2,(H,23,28)(H2,22,29,30)(H2,24,25,26,27). The highest BCUT2D eigenvalue weighted by atomic mass is 32.2. The highest BCUT2D eigenvalue weighted by Crippen LogP contribution is 2.21. The SMILES string of the molecule is C=CC(=O)NCc1ccc(Nc2nc(Nc3ccc(S(N)(=O)=O)cc3)ncc2F)cc1. The number of primary sulfonamides is 1. The normalized spacial score (nSPS) is 10.9. The number of rotatable bonds is 8. The number of carbonyl (C=O) groups excluding carboxylic acids is 1. The first-order valence-electron chi connectivity index (χ1n) is 8.93. The van der Waals surface area contributed by atoms with Gasteiger partial charge in [-0.15, -0.1) is 0 Å². The Morgan fingerprint density at radius 3 is 2.29 bits per heavy atom. The van der Waals surface area contributed by atoms with Crippen LogP contribution in [0.1, 0.15) is 5.56 Å². The molecule has 0 atom stereocenters. The molecule has 160 valence electrons. The topological polar surface area (TPSA) is 139 Å². The maximum atomic E-state index is 14.2. The fourth-order valence-electron chi connectivity index (χ4n) is 2.48. The molecule has 2 aromatic carbocycles. The zero-order chi connectivity index (χ0) is 22.4. The van der Waals surface area contributed by atoms with Crippen molar-refractivity contribution in [2.75, 3.05) is 10.6 Å². The summed E-state index contributed by atoms with van der Waals surface area (Å²) in [5.74, 6) is -0.871. The van der Waals surface area contributed by atoms with Gasteiger partial charge in [-0.25, -0.2) is 22.9 Å². The molecule has 0 saturated carbocycles. The van der Waals surface area contributed by atoms with Crippen LogP contribution in [0.15, 0.2) is 72.3 Å². The van der Waals surface area contributed by atoms with Crippen LogP contribution in [0.4, 0.5) is 27.5 Å². The van der Waals surface area contributed by atoms with Crippen LogP contribution in [0.5, 0.6) is 0 Å². The Morgan fingerprint density at radius 1 is 1.06 bits per heavy atom. The predicted molar refractivity (Wildman–Crippen MR) is 115 cm³/mol. The van der Waals surface area contributed by atoms with E-state index in [0.29, 0.717) is 17.9 Å². The van der Waals surface area contributed by atoms with Crippen LogP contribution in [0, 0.1) is 5.82 Å². The summed E-state index contributed by atoms with van der Waals surface area (Å²) < 4.78 is 36.8. The van der Waals surface area contributed by atoms with Gasteiger partial charge in [-0.2, -0.15) is 4.98 Å². The molecule has 0 radical (unpaired) electrons. The van der Waals surface area contributed by atoms with Gasteiger partial charge < -0.3 is 16.0 Å². The van der Waals surface area contributed by atoms with Crippen molar-refractivity contribution in [2.24, 2.45) is 5.14 Å². The molecule has 0 fully saturated rings. The van der Waals surface area contributed by atoms with E-state index in [9.17, 15) is 17.6 Å². The molecule has 0 aliphatic heterocycles. The summed E-state index contributed by atoms with van der Waals surface area (Å²) in [7, 11) is -3.80. The van der Waals surface area contributed by atoms with E-state index < -0.39 is 15.8 Å². The molecule has 0 aliphatic rings. The lowest BCUT2D eigenvalue weighted by atomic mass is 10.2. The summed E-state index contributed by atoms with van der Waals surface area (Å²) in [5.41, 5.74) is 1.94. The average molecular weight is 442 g/mol. The number of sulfonamides is 1. The molecule has 0 spiro atoms. The number of nitrogens with two attached hydrogens (primary N) is 1. The zero-order valence-corrected chi connectivity index (χ0v) is 17.0. The van der Waals surface area contributed by atoms with E-state index in [-0.39, 0.29) is 22.6 Å². The van der Waals surface area contributed by atoms with Gasteiger partial charge in [0.15, 0.2) is 11.6 Å². The van der Waals surface area contributed by atoms with Gasteiger partial charge in [-0.05, 0) is 48.0 Å². The van der Waals surface area contributed by atoms with Crippen LogP contribution in [0.25, 0.3) is 0 Å². The van der Waals surface area contributed by atoms with E-state index in [1.54, 1.807) is 24.3 Å². The summed E-state index contributed by atoms with van der Waals surface area (Å²) >= 11 is 0. The Bertz CT molecular complexity index is 1200. The molecular weight excluding hydrogens is 423 g/mol. The van der Waals surface area contributed by atoms with Crippen molar-refractivity contribution in [3.8, 4) is 0 Å². The molecule has 1 amide bonds. The number of amides is 1. The summed E-state index contributed by atoms with van der Waals surface area (Å²) in [4.78, 5) is 19.2. The maximum absolute atomic E-state index is 14.2. The monoisotopic (exact) mass is 442 g/mol. The molecule has 5 N–H and O–H groups in total. The fourth-order valence-corrected chi connectivity index (χ4v) is 2.99. The molecule has 31 heavy (non-hydrogen) atoms. The molecule has 3 rings (SSSR count). The smallest absolute Gasteiger partial charge is 0.243 e. The van der Waals surface area contributed by atoms with Gasteiger partial charge in [0, 0.05) is 17.9 Å². The Hall–Kier alpha value is -3.83. The third-order valence-corrected chi connectivity index (χ3v) is 4.98. The van der Waals surface area contributed by atoms with Crippen molar-refractivity contribution in [2.45, 2.75) is 11.4 Å². The number of nitrogens with one attached hydrogen (secondary N) is 3. The second kappa shape index (κ2) is 9.32. The Kier molecular flexibility index (Phi) is 6.58. The van der Waals surface area contributed by atoms with Gasteiger partial charge >= 0.3 is 0 Å². The summed E-state index contributed by atoms with van der Waals surface area (Å²) in [6.45, 7) is 3.72. The van der Waals surface area contributed by atoms with Gasteiger partial charge in [0.1, 0.15) is 0 Å². The molecule has 0 bridgehead atoms. The van der Waals surface area contributed by atoms with Crippen molar-refractivity contribution in [1.82, 2.24) is 15.3 Å². The number of aromatic nitrogens is 2. The largest absolute Gasteiger partial charge is 0.348 e. The van der Waals surface area contributed by atoms with Crippen molar-refractivity contribution in [3.05, 3.63) is 78.8 Å². The second-order valence-corrected chi connectivity index (χ2v) is 7.89. The number of nitrogens with zero attached hydrogens (tertiary/aromatic N) is 2. The Labute approximate surface area is 178 Å². The number of hydrogen-bond donors (Lipinski definition) is 4. The maximum Gasteiger partial charge on any atom is 0.243 e. The van der Waals surface area contributed by atoms with Crippen LogP contribution in [0.3, 0.4) is 0 Å². The summed E-state index contributed by atoms with van der Waals surface area (Å²) in [6.07, 6.45) is 2.20. The number of halogens is 1. The first kappa shape index (κ1) is 21.9. The fraction of sp³-hybridized carbons (Fsp3) is 0.0500. The minimum Gasteiger partial charge on any atom is -0.348 e. The van der Waals surface area contributed by atoms with Crippen molar-refractivity contribution >= 4 is 39.1 Å². The number of anilines is 4. The molecule has 1 aromatic heterocycles. The lowest BCUT2D eigenvalue weighted by molar-refractivity contribution is -0.116. The minimum atomic E-state index is -3.80. The lowest BCUT2D eigenvalue weighted by Gasteiger charge is -2.10. The second-order valence-electron chi connectivity index (χ2n) is 6.33. The van der Waals surface area contributed by atoms with E-state index in [2.05, 4.69) is 32.5 Å². The highest BCUT2D eigenvalue weighted by Gasteiger charge is 2.10. The highest BCUT2D eigenvalue weighted by molar-refractivity contribution is 7.89. The molecular formula is C20H19FN6O3S. The van der Waals surface area contributed by atoms with Gasteiger partial charge in [0.25, 0.3) is 0 Å². The van der Waals surface area contributed by atoms with Gasteiger partial charge in [0.05, 0.1) is 11.1 Å². The lowest BCUT2D eigenvalue weighted by Crippen LogP contribution is -2.19. The zero-order valence-electron chi connectivity index (χ0n) is 16.2. The molecule has 11 heteroatoms. The average Bonchev–Trinajstić information content (AvgIpc) is 2.75. The molecule has 0 unspecified atom stereocenters. The number of carbonyl (C=O) groups is 1. The minimum absolute atomic E-state index is 0.0343. The number of benzene rings is 2. The predicted octanol–water partition coefficient (Wildman–Crippen LogP) is 2.55. The van der Waals surface area contributed by atoms with E-state index in [4.69, 9.17) is 5.14 Å². The Morgan fingerprint density at radius 2 is 1.68 bits per heavy atom. The van der Waals surface area contributed by atoms with Crippen molar-refractivity contribution in [1.29, 1.82) is 0 Å². The molecule has 1 heterocycles. The summed E-state index contributed by atoms with van der Waals surface area (Å²) in [6, 6.07) is 12.6. The van der Waals surface area contributed by atoms with E-state index in [0.717, 1.165) is 11.8 Å². The molecule has 3 aromatic rings. The third-order valence-electron chi connectivity index (χ3n) is 4.05. The van der Waals surface area contributed by atoms with Crippen LogP contribution >= 0.6 is 0 Å². The van der Waals surface area contributed by atoms with Gasteiger partial charge in [-0.3, -0.25) is 4.79 Å². The third kappa shape index (κ3) is 6.07. The van der Waals surface area contributed by atoms with Crippen molar-refractivity contribution < 1.29 is 17.6 Å². The van der Waals surface area contributed by atoms with E-state index in [1.165, 1.54) is 30.3 Å². The van der Waals surface area contributed by atoms with Crippen LogP contribution in [-0.2, 0) is 21.4 Å². The number of hydrogen-bond acceptors (Lipinski definition) is 7. The van der Waals surface area contributed by atoms with Crippen LogP contribution < -0.4 is 21.1 Å². The molecule has 0 saturated heterocycles. The van der Waals surface area contributed by atoms with E-state index >= 15 is 0 Å². The van der Waals surface area contributed by atoms with E-state index in [1.807, 2.05) is 0 Å². The van der Waals surface area contributed by atoms with Crippen molar-refractivity contribution in [3.63, 3.8) is 0 Å². The van der Waals surface area contributed by atoms with Gasteiger partial charge in [0.2, 0.25) is 21.9 Å². The van der Waals surface area contributed by atoms with Crippen LogP contribution in [0.2, 0.25) is 0 Å². The van der Waals surface area contributed by atoms with Gasteiger partial charge in [-0.1, -0.05) is 18.7 Å². The first-order valence-corrected chi connectivity index (χ1v) is 10.5. The Balaban J connectivity index is 1.69.